The number of aliphatic hydroxyl groups is 1. The van der Waals surface area contributed by atoms with Crippen molar-refractivity contribution >= 4 is 0 Å². The van der Waals surface area contributed by atoms with Crippen LogP contribution >= 0.6 is 0 Å². The smallest absolute Gasteiger partial charge is 0.162 e. The lowest BCUT2D eigenvalue weighted by Gasteiger charge is -2.22. The van der Waals surface area contributed by atoms with E-state index in [2.05, 4.69) is 24.3 Å². The van der Waals surface area contributed by atoms with Crippen LogP contribution in [0.4, 0.5) is 0 Å². The summed E-state index contributed by atoms with van der Waals surface area (Å²) >= 11 is 0. The van der Waals surface area contributed by atoms with Gasteiger partial charge in [-0.2, -0.15) is 0 Å². The molecule has 0 fully saturated rings. The van der Waals surface area contributed by atoms with E-state index in [0.717, 1.165) is 11.1 Å². The molecule has 0 bridgehead atoms. The van der Waals surface area contributed by atoms with Gasteiger partial charge in [0.2, 0.25) is 0 Å². The van der Waals surface area contributed by atoms with Crippen molar-refractivity contribution < 1.29 is 14.6 Å². The molecular weight excluding hydrogens is 300 g/mol. The minimum absolute atomic E-state index is 0.0326. The molecule has 3 nitrogen and oxygen atoms in total. The van der Waals surface area contributed by atoms with Crippen LogP contribution in [0.5, 0.6) is 11.5 Å². The molecule has 122 valence electrons. The summed E-state index contributed by atoms with van der Waals surface area (Å²) in [5.74, 6) is 1.28. The molecule has 3 aromatic carbocycles. The first-order chi connectivity index (χ1) is 11.9. The van der Waals surface area contributed by atoms with Gasteiger partial charge >= 0.3 is 0 Å². The Morgan fingerprint density at radius 1 is 0.667 bits per heavy atom. The summed E-state index contributed by atoms with van der Waals surface area (Å²) in [6.07, 6.45) is -0.230. The highest BCUT2D eigenvalue weighted by Crippen LogP contribution is 2.34. The van der Waals surface area contributed by atoms with E-state index in [0.29, 0.717) is 11.5 Å². The number of rotatable bonds is 7. The molecule has 0 unspecified atom stereocenters. The maximum absolute atomic E-state index is 8.99. The number of aliphatic hydroxyl groups excluding tert-OH is 1. The normalized spacial score (nSPS) is 10.6. The van der Waals surface area contributed by atoms with Crippen LogP contribution in [0, 0.1) is 0 Å². The Bertz CT molecular complexity index is 702. The van der Waals surface area contributed by atoms with Gasteiger partial charge in [0.1, 0.15) is 12.7 Å². The van der Waals surface area contributed by atoms with Crippen LogP contribution in [0.15, 0.2) is 84.9 Å². The van der Waals surface area contributed by atoms with E-state index < -0.39 is 0 Å². The fraction of sp³-hybridized carbons (Fsp3) is 0.143. The lowest BCUT2D eigenvalue weighted by atomic mass is 10.0. The van der Waals surface area contributed by atoms with Crippen LogP contribution in [-0.4, -0.2) is 18.3 Å². The average Bonchev–Trinajstić information content (AvgIpc) is 2.66. The van der Waals surface area contributed by atoms with E-state index in [1.807, 2.05) is 60.7 Å². The molecule has 0 aliphatic rings. The fourth-order valence-corrected chi connectivity index (χ4v) is 2.53. The first-order valence-corrected chi connectivity index (χ1v) is 7.97. The third-order valence-electron chi connectivity index (χ3n) is 3.65. The molecule has 0 heterocycles. The van der Waals surface area contributed by atoms with Crippen molar-refractivity contribution in [2.45, 2.75) is 6.10 Å². The number of hydrogen-bond acceptors (Lipinski definition) is 3. The molecule has 24 heavy (non-hydrogen) atoms. The van der Waals surface area contributed by atoms with Gasteiger partial charge in [-0.05, 0) is 23.3 Å². The van der Waals surface area contributed by atoms with Crippen molar-refractivity contribution in [2.24, 2.45) is 0 Å². The van der Waals surface area contributed by atoms with Crippen molar-refractivity contribution in [1.29, 1.82) is 0 Å². The Hall–Kier alpha value is -2.78. The van der Waals surface area contributed by atoms with Crippen LogP contribution in [0.25, 0.3) is 0 Å². The predicted molar refractivity (Wildman–Crippen MR) is 94.4 cm³/mol. The summed E-state index contributed by atoms with van der Waals surface area (Å²) in [6, 6.07) is 27.7. The quantitative estimate of drug-likeness (QED) is 0.708. The van der Waals surface area contributed by atoms with Crippen LogP contribution in [-0.2, 0) is 0 Å². The van der Waals surface area contributed by atoms with Gasteiger partial charge in [-0.3, -0.25) is 0 Å². The van der Waals surface area contributed by atoms with Crippen molar-refractivity contribution in [1.82, 2.24) is 0 Å². The first kappa shape index (κ1) is 16.1. The Balaban J connectivity index is 1.93. The van der Waals surface area contributed by atoms with Gasteiger partial charge in [0.15, 0.2) is 11.5 Å². The Morgan fingerprint density at radius 3 is 1.71 bits per heavy atom. The van der Waals surface area contributed by atoms with Gasteiger partial charge in [-0.1, -0.05) is 72.8 Å². The van der Waals surface area contributed by atoms with Crippen LogP contribution in [0.3, 0.4) is 0 Å². The summed E-state index contributed by atoms with van der Waals surface area (Å²) < 4.78 is 11.9. The number of hydrogen-bond donors (Lipinski definition) is 1. The zero-order valence-electron chi connectivity index (χ0n) is 13.3. The zero-order valence-corrected chi connectivity index (χ0v) is 13.3. The molecule has 0 amide bonds. The molecule has 0 aliphatic carbocycles. The van der Waals surface area contributed by atoms with Gasteiger partial charge in [0, 0.05) is 0 Å². The van der Waals surface area contributed by atoms with Crippen molar-refractivity contribution in [3.8, 4) is 11.5 Å². The molecule has 1 N–H and O–H groups in total. The molecule has 3 aromatic rings. The summed E-state index contributed by atoms with van der Waals surface area (Å²) in [7, 11) is 0. The molecule has 0 saturated heterocycles. The monoisotopic (exact) mass is 320 g/mol. The average molecular weight is 320 g/mol. The Kier molecular flexibility index (Phi) is 5.48. The summed E-state index contributed by atoms with van der Waals surface area (Å²) in [5.41, 5.74) is 2.14. The molecule has 0 aromatic heterocycles. The minimum atomic E-state index is -0.230. The van der Waals surface area contributed by atoms with E-state index in [-0.39, 0.29) is 19.3 Å². The van der Waals surface area contributed by atoms with Crippen LogP contribution < -0.4 is 9.47 Å². The highest BCUT2D eigenvalue weighted by molar-refractivity contribution is 5.41. The molecule has 0 spiro atoms. The van der Waals surface area contributed by atoms with E-state index in [4.69, 9.17) is 14.6 Å². The highest BCUT2D eigenvalue weighted by Gasteiger charge is 2.17. The predicted octanol–water partition coefficient (Wildman–Crippen LogP) is 4.23. The van der Waals surface area contributed by atoms with Crippen LogP contribution in [0.1, 0.15) is 17.2 Å². The summed E-state index contributed by atoms with van der Waals surface area (Å²) in [5, 5.41) is 8.99. The molecule has 0 aliphatic heterocycles. The number of para-hydroxylation sites is 2. The molecule has 3 rings (SSSR count). The Labute approximate surface area is 142 Å². The maximum atomic E-state index is 8.99. The largest absolute Gasteiger partial charge is 0.487 e. The van der Waals surface area contributed by atoms with Gasteiger partial charge in [0.05, 0.1) is 6.61 Å². The van der Waals surface area contributed by atoms with E-state index >= 15 is 0 Å². The summed E-state index contributed by atoms with van der Waals surface area (Å²) in [6.45, 7) is 0.205. The van der Waals surface area contributed by atoms with Crippen molar-refractivity contribution in [2.75, 3.05) is 13.2 Å². The second kappa shape index (κ2) is 8.18. The molecular formula is C21H20O3. The summed E-state index contributed by atoms with van der Waals surface area (Å²) in [4.78, 5) is 0. The second-order valence-corrected chi connectivity index (χ2v) is 5.34. The first-order valence-electron chi connectivity index (χ1n) is 7.97. The lowest BCUT2D eigenvalue weighted by Crippen LogP contribution is -2.11. The van der Waals surface area contributed by atoms with E-state index in [1.54, 1.807) is 0 Å². The molecule has 0 radical (unpaired) electrons. The molecule has 0 saturated carbocycles. The third kappa shape index (κ3) is 3.94. The SMILES string of the molecule is OCCOc1ccccc1OC(c1ccccc1)c1ccccc1. The number of ether oxygens (including phenoxy) is 2. The third-order valence-corrected chi connectivity index (χ3v) is 3.65. The van der Waals surface area contributed by atoms with E-state index in [9.17, 15) is 0 Å². The molecule has 3 heteroatoms. The van der Waals surface area contributed by atoms with Crippen LogP contribution in [0.2, 0.25) is 0 Å². The van der Waals surface area contributed by atoms with Gasteiger partial charge in [0.25, 0.3) is 0 Å². The Morgan fingerprint density at radius 2 is 1.17 bits per heavy atom. The number of benzene rings is 3. The fourth-order valence-electron chi connectivity index (χ4n) is 2.53. The van der Waals surface area contributed by atoms with Gasteiger partial charge in [-0.25, -0.2) is 0 Å². The topological polar surface area (TPSA) is 38.7 Å². The highest BCUT2D eigenvalue weighted by atomic mass is 16.5. The maximum Gasteiger partial charge on any atom is 0.162 e. The standard InChI is InChI=1S/C21H20O3/c22-15-16-23-19-13-7-8-14-20(19)24-21(17-9-3-1-4-10-17)18-11-5-2-6-12-18/h1-14,21-22H,15-16H2. The van der Waals surface area contributed by atoms with E-state index in [1.165, 1.54) is 0 Å². The second-order valence-electron chi connectivity index (χ2n) is 5.34. The zero-order chi connectivity index (χ0) is 16.6. The molecule has 0 atom stereocenters. The minimum Gasteiger partial charge on any atom is -0.487 e. The van der Waals surface area contributed by atoms with Crippen molar-refractivity contribution in [3.63, 3.8) is 0 Å². The van der Waals surface area contributed by atoms with Crippen molar-refractivity contribution in [3.05, 3.63) is 96.1 Å². The lowest BCUT2D eigenvalue weighted by molar-refractivity contribution is 0.185. The van der Waals surface area contributed by atoms with Gasteiger partial charge < -0.3 is 14.6 Å². The van der Waals surface area contributed by atoms with Gasteiger partial charge in [-0.15, -0.1) is 0 Å².